The van der Waals surface area contributed by atoms with Gasteiger partial charge >= 0.3 is 0 Å². The number of amides is 1. The minimum absolute atomic E-state index is 0.0936. The lowest BCUT2D eigenvalue weighted by Crippen LogP contribution is -2.14. The molecule has 7 heteroatoms. The van der Waals surface area contributed by atoms with E-state index in [1.807, 2.05) is 18.2 Å². The monoisotopic (exact) mass is 471 g/mol. The van der Waals surface area contributed by atoms with Crippen molar-refractivity contribution >= 4 is 46.4 Å². The molecule has 4 rings (SSSR count). The van der Waals surface area contributed by atoms with Crippen LogP contribution in [-0.2, 0) is 0 Å². The molecule has 0 aliphatic heterocycles. The van der Waals surface area contributed by atoms with Gasteiger partial charge in [0.25, 0.3) is 5.91 Å². The Balaban J connectivity index is 1.60. The Morgan fingerprint density at radius 3 is 2.32 bits per heavy atom. The maximum atomic E-state index is 12.8. The molecule has 1 aromatic heterocycles. The zero-order chi connectivity index (χ0) is 22.0. The number of aliphatic hydroxyl groups excluding tert-OH is 1. The molecule has 0 spiro atoms. The number of furan rings is 1. The summed E-state index contributed by atoms with van der Waals surface area (Å²) < 4.78 is 5.70. The molecule has 1 heterocycles. The number of benzene rings is 3. The van der Waals surface area contributed by atoms with Crippen LogP contribution >= 0.6 is 34.8 Å². The second kappa shape index (κ2) is 9.16. The highest BCUT2D eigenvalue weighted by Crippen LogP contribution is 2.33. The van der Waals surface area contributed by atoms with Gasteiger partial charge in [0.2, 0.25) is 0 Å². The van der Waals surface area contributed by atoms with Gasteiger partial charge in [-0.15, -0.1) is 0 Å². The fourth-order valence-corrected chi connectivity index (χ4v) is 3.85. The highest BCUT2D eigenvalue weighted by Gasteiger charge is 2.19. The lowest BCUT2D eigenvalue weighted by molar-refractivity contribution is 0.0997. The van der Waals surface area contributed by atoms with Crippen LogP contribution in [0.2, 0.25) is 15.1 Å². The quantitative estimate of drug-likeness (QED) is 0.322. The fourth-order valence-electron chi connectivity index (χ4n) is 3.17. The van der Waals surface area contributed by atoms with Gasteiger partial charge in [0.1, 0.15) is 11.9 Å². The lowest BCUT2D eigenvalue weighted by atomic mass is 10.00. The second-order valence-corrected chi connectivity index (χ2v) is 8.07. The van der Waals surface area contributed by atoms with Gasteiger partial charge in [-0.3, -0.25) is 4.79 Å². The maximum absolute atomic E-state index is 12.8. The highest BCUT2D eigenvalue weighted by atomic mass is 35.5. The molecule has 2 N–H and O–H groups in total. The summed E-state index contributed by atoms with van der Waals surface area (Å²) in [6.07, 6.45) is -0.963. The molecule has 4 nitrogen and oxygen atoms in total. The molecule has 0 bridgehead atoms. The van der Waals surface area contributed by atoms with E-state index in [9.17, 15) is 9.90 Å². The SMILES string of the molecule is O=C(Nc1ccc(Cl)cc1[C@@H](O)c1ccccc1)c1ccc(-c2ccc(Cl)cc2Cl)o1. The van der Waals surface area contributed by atoms with Crippen molar-refractivity contribution in [3.8, 4) is 11.3 Å². The molecule has 0 saturated carbocycles. The predicted molar refractivity (Wildman–Crippen MR) is 124 cm³/mol. The van der Waals surface area contributed by atoms with E-state index in [-0.39, 0.29) is 5.76 Å². The zero-order valence-corrected chi connectivity index (χ0v) is 18.2. The topological polar surface area (TPSA) is 62.5 Å². The summed E-state index contributed by atoms with van der Waals surface area (Å²) in [7, 11) is 0. The van der Waals surface area contributed by atoms with Crippen LogP contribution in [-0.4, -0.2) is 11.0 Å². The summed E-state index contributed by atoms with van der Waals surface area (Å²) in [6, 6.07) is 22.2. The van der Waals surface area contributed by atoms with E-state index in [2.05, 4.69) is 5.32 Å². The Morgan fingerprint density at radius 1 is 0.871 bits per heavy atom. The number of rotatable bonds is 5. The van der Waals surface area contributed by atoms with E-state index in [4.69, 9.17) is 39.2 Å². The van der Waals surface area contributed by atoms with Crippen LogP contribution in [0.15, 0.2) is 83.3 Å². The van der Waals surface area contributed by atoms with E-state index in [1.165, 1.54) is 0 Å². The van der Waals surface area contributed by atoms with Crippen LogP contribution in [0.1, 0.15) is 27.8 Å². The number of halogens is 3. The van der Waals surface area contributed by atoms with Gasteiger partial charge in [-0.05, 0) is 54.1 Å². The van der Waals surface area contributed by atoms with Crippen molar-refractivity contribution < 1.29 is 14.3 Å². The average molecular weight is 473 g/mol. The minimum atomic E-state index is -0.963. The van der Waals surface area contributed by atoms with Gasteiger partial charge in [0.05, 0.1) is 5.02 Å². The van der Waals surface area contributed by atoms with Crippen LogP contribution in [0.4, 0.5) is 5.69 Å². The fraction of sp³-hybridized carbons (Fsp3) is 0.0417. The highest BCUT2D eigenvalue weighted by molar-refractivity contribution is 6.36. The van der Waals surface area contributed by atoms with Crippen molar-refractivity contribution in [1.82, 2.24) is 0 Å². The second-order valence-electron chi connectivity index (χ2n) is 6.79. The van der Waals surface area contributed by atoms with Crippen molar-refractivity contribution in [2.24, 2.45) is 0 Å². The standard InChI is InChI=1S/C24H16Cl3NO3/c25-15-7-9-20(18(12-15)23(29)14-4-2-1-3-5-14)28-24(30)22-11-10-21(31-22)17-8-6-16(26)13-19(17)27/h1-13,23,29H,(H,28,30)/t23-/m0/s1. The smallest absolute Gasteiger partial charge is 0.291 e. The zero-order valence-electron chi connectivity index (χ0n) is 16.0. The average Bonchev–Trinajstić information content (AvgIpc) is 3.25. The number of carbonyl (C=O) groups excluding carboxylic acids is 1. The Kier molecular flexibility index (Phi) is 6.35. The van der Waals surface area contributed by atoms with E-state index >= 15 is 0 Å². The molecule has 4 aromatic rings. The first-order valence-electron chi connectivity index (χ1n) is 9.31. The maximum Gasteiger partial charge on any atom is 0.291 e. The molecule has 156 valence electrons. The first-order chi connectivity index (χ1) is 14.9. The normalized spacial score (nSPS) is 11.9. The van der Waals surface area contributed by atoms with Crippen LogP contribution in [0.25, 0.3) is 11.3 Å². The van der Waals surface area contributed by atoms with Crippen molar-refractivity contribution in [1.29, 1.82) is 0 Å². The van der Waals surface area contributed by atoms with E-state index < -0.39 is 12.0 Å². The Bertz CT molecular complexity index is 1240. The summed E-state index contributed by atoms with van der Waals surface area (Å²) in [5, 5.41) is 15.0. The first kappa shape index (κ1) is 21.5. The molecule has 0 fully saturated rings. The molecular weight excluding hydrogens is 457 g/mol. The Hall–Kier alpha value is -2.76. The van der Waals surface area contributed by atoms with Crippen LogP contribution in [0.5, 0.6) is 0 Å². The van der Waals surface area contributed by atoms with Gasteiger partial charge in [-0.25, -0.2) is 0 Å². The van der Waals surface area contributed by atoms with E-state index in [0.29, 0.717) is 43.2 Å². The predicted octanol–water partition coefficient (Wildman–Crippen LogP) is 7.24. The molecule has 3 aromatic carbocycles. The molecule has 1 atom stereocenters. The molecule has 0 saturated heterocycles. The summed E-state index contributed by atoms with van der Waals surface area (Å²) in [5.41, 5.74) is 2.20. The molecule has 0 unspecified atom stereocenters. The summed E-state index contributed by atoms with van der Waals surface area (Å²) in [4.78, 5) is 12.8. The minimum Gasteiger partial charge on any atom is -0.451 e. The Labute approximate surface area is 194 Å². The van der Waals surface area contributed by atoms with Crippen LogP contribution in [0.3, 0.4) is 0 Å². The van der Waals surface area contributed by atoms with Gasteiger partial charge in [-0.2, -0.15) is 0 Å². The number of carbonyl (C=O) groups is 1. The number of nitrogens with one attached hydrogen (secondary N) is 1. The van der Waals surface area contributed by atoms with Crippen LogP contribution in [0, 0.1) is 0 Å². The summed E-state index contributed by atoms with van der Waals surface area (Å²) in [6.45, 7) is 0. The number of hydrogen-bond donors (Lipinski definition) is 2. The van der Waals surface area contributed by atoms with Gasteiger partial charge in [0.15, 0.2) is 5.76 Å². The number of anilines is 1. The first-order valence-corrected chi connectivity index (χ1v) is 10.4. The number of hydrogen-bond acceptors (Lipinski definition) is 3. The van der Waals surface area contributed by atoms with Crippen molar-refractivity contribution in [3.05, 3.63) is 111 Å². The molecule has 0 radical (unpaired) electrons. The summed E-state index contributed by atoms with van der Waals surface area (Å²) >= 11 is 18.3. The molecule has 31 heavy (non-hydrogen) atoms. The van der Waals surface area contributed by atoms with Crippen LogP contribution < -0.4 is 5.32 Å². The molecule has 0 aliphatic carbocycles. The van der Waals surface area contributed by atoms with E-state index in [1.54, 1.807) is 60.7 Å². The van der Waals surface area contributed by atoms with E-state index in [0.717, 1.165) is 0 Å². The van der Waals surface area contributed by atoms with Gasteiger partial charge in [0, 0.05) is 26.9 Å². The number of aliphatic hydroxyl groups is 1. The Morgan fingerprint density at radius 2 is 1.58 bits per heavy atom. The third kappa shape index (κ3) is 4.78. The van der Waals surface area contributed by atoms with Gasteiger partial charge < -0.3 is 14.8 Å². The molecule has 0 aliphatic rings. The van der Waals surface area contributed by atoms with Crippen molar-refractivity contribution in [2.45, 2.75) is 6.10 Å². The summed E-state index contributed by atoms with van der Waals surface area (Å²) in [5.74, 6) is 0.0590. The van der Waals surface area contributed by atoms with Gasteiger partial charge in [-0.1, -0.05) is 65.1 Å². The molecular formula is C24H16Cl3NO3. The van der Waals surface area contributed by atoms with Crippen molar-refractivity contribution in [2.75, 3.05) is 5.32 Å². The third-order valence-electron chi connectivity index (χ3n) is 4.70. The molecule has 1 amide bonds. The van der Waals surface area contributed by atoms with Crippen molar-refractivity contribution in [3.63, 3.8) is 0 Å². The lowest BCUT2D eigenvalue weighted by Gasteiger charge is -2.17. The third-order valence-corrected chi connectivity index (χ3v) is 5.48. The largest absolute Gasteiger partial charge is 0.451 e.